The van der Waals surface area contributed by atoms with Crippen LogP contribution in [0.25, 0.3) is 11.7 Å². The number of nitrogens with one attached hydrogen (secondary N) is 1. The highest BCUT2D eigenvalue weighted by molar-refractivity contribution is 7.99. The average Bonchev–Trinajstić information content (AvgIpc) is 3.19. The Kier molecular flexibility index (Phi) is 4.38. The Balaban J connectivity index is 1.55. The van der Waals surface area contributed by atoms with Gasteiger partial charge in [-0.05, 0) is 24.3 Å². The van der Waals surface area contributed by atoms with Crippen LogP contribution in [0, 0.1) is 11.6 Å². The summed E-state index contributed by atoms with van der Waals surface area (Å²) in [6, 6.07) is 6.45. The second kappa shape index (κ2) is 6.61. The normalized spacial score (nSPS) is 10.7. The molecule has 0 aliphatic rings. The quantitative estimate of drug-likeness (QED) is 0.719. The number of anilines is 1. The van der Waals surface area contributed by atoms with Crippen LogP contribution in [0.15, 0.2) is 50.7 Å². The monoisotopic (exact) mass is 337 g/mol. The Morgan fingerprint density at radius 2 is 2.09 bits per heavy atom. The van der Waals surface area contributed by atoms with E-state index >= 15 is 0 Å². The summed E-state index contributed by atoms with van der Waals surface area (Å²) in [4.78, 5) is 11.8. The van der Waals surface area contributed by atoms with Crippen LogP contribution in [0.2, 0.25) is 0 Å². The first kappa shape index (κ1) is 15.2. The number of benzene rings is 1. The molecule has 2 heterocycles. The fourth-order valence-electron chi connectivity index (χ4n) is 1.67. The lowest BCUT2D eigenvalue weighted by atomic mass is 10.3. The van der Waals surface area contributed by atoms with Crippen LogP contribution >= 0.6 is 11.8 Å². The van der Waals surface area contributed by atoms with Gasteiger partial charge in [0.25, 0.3) is 11.1 Å². The Morgan fingerprint density at radius 1 is 1.22 bits per heavy atom. The third kappa shape index (κ3) is 3.75. The lowest BCUT2D eigenvalue weighted by molar-refractivity contribution is -0.113. The number of nitrogens with zero attached hydrogens (tertiary/aromatic N) is 2. The van der Waals surface area contributed by atoms with Gasteiger partial charge < -0.3 is 14.2 Å². The number of thioether (sulfide) groups is 1. The highest BCUT2D eigenvalue weighted by Crippen LogP contribution is 2.23. The van der Waals surface area contributed by atoms with Gasteiger partial charge in [0.15, 0.2) is 17.4 Å². The molecule has 23 heavy (non-hydrogen) atoms. The molecule has 0 aliphatic heterocycles. The van der Waals surface area contributed by atoms with Crippen molar-refractivity contribution < 1.29 is 22.4 Å². The van der Waals surface area contributed by atoms with E-state index in [4.69, 9.17) is 8.83 Å². The van der Waals surface area contributed by atoms with E-state index in [0.717, 1.165) is 23.9 Å². The zero-order chi connectivity index (χ0) is 16.2. The number of carbonyl (C=O) groups excluding carboxylic acids is 1. The Morgan fingerprint density at radius 3 is 2.83 bits per heavy atom. The van der Waals surface area contributed by atoms with E-state index in [2.05, 4.69) is 15.5 Å². The second-order valence-electron chi connectivity index (χ2n) is 4.32. The van der Waals surface area contributed by atoms with E-state index in [1.165, 1.54) is 12.3 Å². The molecule has 2 aromatic heterocycles. The number of hydrogen-bond acceptors (Lipinski definition) is 6. The van der Waals surface area contributed by atoms with Gasteiger partial charge in [0.2, 0.25) is 5.91 Å². The molecule has 3 aromatic rings. The maximum atomic E-state index is 13.0. The molecule has 0 unspecified atom stereocenters. The van der Waals surface area contributed by atoms with Gasteiger partial charge in [0.05, 0.1) is 12.0 Å². The fourth-order valence-corrected chi connectivity index (χ4v) is 2.23. The van der Waals surface area contributed by atoms with Crippen molar-refractivity contribution in [2.45, 2.75) is 5.22 Å². The molecule has 6 nitrogen and oxygen atoms in total. The molecule has 3 rings (SSSR count). The maximum absolute atomic E-state index is 13.0. The van der Waals surface area contributed by atoms with Crippen molar-refractivity contribution in [3.05, 3.63) is 48.2 Å². The minimum atomic E-state index is -1.03. The van der Waals surface area contributed by atoms with Crippen LogP contribution in [0.3, 0.4) is 0 Å². The molecule has 1 N–H and O–H groups in total. The molecule has 0 fully saturated rings. The molecule has 0 spiro atoms. The molecule has 0 saturated carbocycles. The van der Waals surface area contributed by atoms with Crippen molar-refractivity contribution in [1.82, 2.24) is 10.2 Å². The number of carbonyl (C=O) groups is 1. The first-order valence-electron chi connectivity index (χ1n) is 6.37. The summed E-state index contributed by atoms with van der Waals surface area (Å²) >= 11 is 1.01. The van der Waals surface area contributed by atoms with E-state index in [1.54, 1.807) is 12.1 Å². The van der Waals surface area contributed by atoms with Crippen LogP contribution in [-0.2, 0) is 4.79 Å². The molecule has 1 amide bonds. The van der Waals surface area contributed by atoms with E-state index in [1.807, 2.05) is 0 Å². The number of halogens is 2. The van der Waals surface area contributed by atoms with Crippen molar-refractivity contribution in [3.63, 3.8) is 0 Å². The van der Waals surface area contributed by atoms with E-state index in [0.29, 0.717) is 5.76 Å². The molecule has 9 heteroatoms. The first-order valence-corrected chi connectivity index (χ1v) is 7.35. The highest BCUT2D eigenvalue weighted by atomic mass is 32.2. The zero-order valence-corrected chi connectivity index (χ0v) is 12.3. The van der Waals surface area contributed by atoms with Gasteiger partial charge in [-0.25, -0.2) is 8.78 Å². The molecule has 1 aromatic carbocycles. The van der Waals surface area contributed by atoms with Crippen molar-refractivity contribution >= 4 is 23.4 Å². The molecule has 0 radical (unpaired) electrons. The largest absolute Gasteiger partial charge is 0.459 e. The molecule has 0 saturated heterocycles. The summed E-state index contributed by atoms with van der Waals surface area (Å²) in [5.74, 6) is -1.82. The standard InChI is InChI=1S/C14H9F2N3O3S/c15-9-4-3-8(6-10(9)16)17-12(20)7-23-14-19-18-13(22-14)11-2-1-5-21-11/h1-6H,7H2,(H,17,20). The summed E-state index contributed by atoms with van der Waals surface area (Å²) < 4.78 is 36.3. The SMILES string of the molecule is O=C(CSc1nnc(-c2ccco2)o1)Nc1ccc(F)c(F)c1. The Bertz CT molecular complexity index is 821. The van der Waals surface area contributed by atoms with Crippen molar-refractivity contribution in [2.24, 2.45) is 0 Å². The number of furan rings is 1. The lowest BCUT2D eigenvalue weighted by Crippen LogP contribution is -2.14. The van der Waals surface area contributed by atoms with Gasteiger partial charge in [0.1, 0.15) is 0 Å². The van der Waals surface area contributed by atoms with Gasteiger partial charge in [-0.2, -0.15) is 0 Å². The first-order chi connectivity index (χ1) is 11.1. The van der Waals surface area contributed by atoms with Gasteiger partial charge in [-0.1, -0.05) is 11.8 Å². The van der Waals surface area contributed by atoms with Gasteiger partial charge >= 0.3 is 0 Å². The number of aromatic nitrogens is 2. The number of amides is 1. The Hall–Kier alpha value is -2.68. The zero-order valence-electron chi connectivity index (χ0n) is 11.5. The Labute approximate surface area is 132 Å². The molecule has 0 atom stereocenters. The minimum absolute atomic E-state index is 0.0290. The van der Waals surface area contributed by atoms with E-state index < -0.39 is 17.5 Å². The van der Waals surface area contributed by atoms with Crippen LogP contribution in [0.5, 0.6) is 0 Å². The molecular formula is C14H9F2N3O3S. The van der Waals surface area contributed by atoms with Gasteiger partial charge in [-0.3, -0.25) is 4.79 Å². The second-order valence-corrected chi connectivity index (χ2v) is 5.24. The smallest absolute Gasteiger partial charge is 0.284 e. The third-order valence-electron chi connectivity index (χ3n) is 2.67. The molecule has 0 aliphatic carbocycles. The average molecular weight is 337 g/mol. The van der Waals surface area contributed by atoms with Crippen LogP contribution < -0.4 is 5.32 Å². The molecule has 0 bridgehead atoms. The predicted molar refractivity (Wildman–Crippen MR) is 77.7 cm³/mol. The summed E-state index contributed by atoms with van der Waals surface area (Å²) in [5, 5.41) is 10.2. The maximum Gasteiger partial charge on any atom is 0.284 e. The number of rotatable bonds is 5. The predicted octanol–water partition coefficient (Wildman–Crippen LogP) is 3.34. The molecular weight excluding hydrogens is 328 g/mol. The van der Waals surface area contributed by atoms with Crippen LogP contribution in [-0.4, -0.2) is 21.9 Å². The van der Waals surface area contributed by atoms with Crippen LogP contribution in [0.4, 0.5) is 14.5 Å². The third-order valence-corrected chi connectivity index (χ3v) is 3.49. The summed E-state index contributed by atoms with van der Waals surface area (Å²) in [6.07, 6.45) is 1.47. The van der Waals surface area contributed by atoms with E-state index in [9.17, 15) is 13.6 Å². The minimum Gasteiger partial charge on any atom is -0.459 e. The van der Waals surface area contributed by atoms with Gasteiger partial charge in [-0.15, -0.1) is 10.2 Å². The van der Waals surface area contributed by atoms with Crippen molar-refractivity contribution in [3.8, 4) is 11.7 Å². The van der Waals surface area contributed by atoms with E-state index in [-0.39, 0.29) is 22.6 Å². The highest BCUT2D eigenvalue weighted by Gasteiger charge is 2.13. The summed E-state index contributed by atoms with van der Waals surface area (Å²) in [5.41, 5.74) is 0.163. The van der Waals surface area contributed by atoms with Crippen molar-refractivity contribution in [2.75, 3.05) is 11.1 Å². The van der Waals surface area contributed by atoms with Crippen molar-refractivity contribution in [1.29, 1.82) is 0 Å². The lowest BCUT2D eigenvalue weighted by Gasteiger charge is -2.04. The fraction of sp³-hybridized carbons (Fsp3) is 0.0714. The number of hydrogen-bond donors (Lipinski definition) is 1. The molecule has 118 valence electrons. The van der Waals surface area contributed by atoms with Crippen LogP contribution in [0.1, 0.15) is 0 Å². The topological polar surface area (TPSA) is 81.2 Å². The summed E-state index contributed by atoms with van der Waals surface area (Å²) in [7, 11) is 0. The van der Waals surface area contributed by atoms with Gasteiger partial charge in [0, 0.05) is 11.8 Å². The summed E-state index contributed by atoms with van der Waals surface area (Å²) in [6.45, 7) is 0.